The third-order valence-corrected chi connectivity index (χ3v) is 2.66. The topological polar surface area (TPSA) is 61.4 Å². The molecule has 2 rings (SSSR count). The van der Waals surface area contributed by atoms with Crippen molar-refractivity contribution < 1.29 is 9.59 Å². The number of amides is 2. The van der Waals surface area contributed by atoms with E-state index in [1.807, 2.05) is 5.01 Å². The van der Waals surface area contributed by atoms with Crippen LogP contribution in [0.3, 0.4) is 0 Å². The number of piperidine rings is 1. The van der Waals surface area contributed by atoms with Gasteiger partial charge in [0.2, 0.25) is 11.8 Å². The number of carbonyl (C=O) groups is 2. The van der Waals surface area contributed by atoms with Crippen LogP contribution < -0.4 is 10.7 Å². The van der Waals surface area contributed by atoms with Crippen molar-refractivity contribution in [3.05, 3.63) is 0 Å². The Balaban J connectivity index is 1.84. The van der Waals surface area contributed by atoms with Gasteiger partial charge < -0.3 is 0 Å². The maximum Gasteiger partial charge on any atom is 0.245 e. The molecule has 5 heteroatoms. The lowest BCUT2D eigenvalue weighted by atomic mass is 10.1. The predicted octanol–water partition coefficient (Wildman–Crippen LogP) is -0.608. The third-order valence-electron chi connectivity index (χ3n) is 2.66. The summed E-state index contributed by atoms with van der Waals surface area (Å²) in [6, 6.07) is -0.347. The summed E-state index contributed by atoms with van der Waals surface area (Å²) in [6.07, 6.45) is 3.86. The van der Waals surface area contributed by atoms with Crippen molar-refractivity contribution in [1.82, 2.24) is 15.8 Å². The maximum atomic E-state index is 11.2. The molecule has 2 heterocycles. The molecule has 2 saturated heterocycles. The molecule has 2 N–H and O–H groups in total. The average Bonchev–Trinajstić information content (AvgIpc) is 2.47. The smallest absolute Gasteiger partial charge is 0.245 e. The van der Waals surface area contributed by atoms with Gasteiger partial charge in [0.1, 0.15) is 6.04 Å². The van der Waals surface area contributed by atoms with Gasteiger partial charge in [0.05, 0.1) is 6.42 Å². The Morgan fingerprint density at radius 2 is 1.93 bits per heavy atom. The zero-order chi connectivity index (χ0) is 9.97. The number of imide groups is 1. The number of rotatable bonds is 2. The van der Waals surface area contributed by atoms with E-state index in [1.54, 1.807) is 0 Å². The Kier molecular flexibility index (Phi) is 2.79. The van der Waals surface area contributed by atoms with E-state index in [-0.39, 0.29) is 24.3 Å². The van der Waals surface area contributed by atoms with Gasteiger partial charge in [-0.3, -0.25) is 14.9 Å². The lowest BCUT2D eigenvalue weighted by Crippen LogP contribution is -2.49. The lowest BCUT2D eigenvalue weighted by molar-refractivity contribution is -0.125. The first-order chi connectivity index (χ1) is 6.75. The van der Waals surface area contributed by atoms with Gasteiger partial charge in [-0.25, -0.2) is 10.4 Å². The average molecular weight is 197 g/mol. The molecule has 2 amide bonds. The second kappa shape index (κ2) is 4.06. The number of nitrogens with one attached hydrogen (secondary N) is 2. The summed E-state index contributed by atoms with van der Waals surface area (Å²) >= 11 is 0. The van der Waals surface area contributed by atoms with Crippen molar-refractivity contribution in [1.29, 1.82) is 0 Å². The van der Waals surface area contributed by atoms with Crippen molar-refractivity contribution in [3.8, 4) is 0 Å². The second-order valence-electron chi connectivity index (χ2n) is 3.85. The summed E-state index contributed by atoms with van der Waals surface area (Å²) in [4.78, 5) is 22.2. The number of hydrazine groups is 1. The van der Waals surface area contributed by atoms with Crippen molar-refractivity contribution in [2.45, 2.75) is 31.7 Å². The standard InChI is InChI=1S/C9H15N3O2/c13-8-6-7(9(14)10-8)11-12-4-2-1-3-5-12/h7,11H,1-6H2,(H,10,13,14). The van der Waals surface area contributed by atoms with Crippen molar-refractivity contribution in [2.24, 2.45) is 0 Å². The zero-order valence-corrected chi connectivity index (χ0v) is 8.08. The minimum Gasteiger partial charge on any atom is -0.295 e. The lowest BCUT2D eigenvalue weighted by Gasteiger charge is -2.28. The SMILES string of the molecule is O=C1CC(NN2CCCCC2)C(=O)N1. The Morgan fingerprint density at radius 3 is 2.50 bits per heavy atom. The van der Waals surface area contributed by atoms with E-state index in [0.717, 1.165) is 25.9 Å². The van der Waals surface area contributed by atoms with Crippen LogP contribution in [0.25, 0.3) is 0 Å². The molecule has 2 aliphatic rings. The fraction of sp³-hybridized carbons (Fsp3) is 0.778. The first-order valence-corrected chi connectivity index (χ1v) is 5.10. The summed E-state index contributed by atoms with van der Waals surface area (Å²) < 4.78 is 0. The highest BCUT2D eigenvalue weighted by Crippen LogP contribution is 2.09. The predicted molar refractivity (Wildman–Crippen MR) is 50.1 cm³/mol. The van der Waals surface area contributed by atoms with Gasteiger partial charge in [-0.2, -0.15) is 0 Å². The second-order valence-corrected chi connectivity index (χ2v) is 3.85. The Labute approximate surface area is 82.8 Å². The van der Waals surface area contributed by atoms with Crippen LogP contribution in [0.15, 0.2) is 0 Å². The van der Waals surface area contributed by atoms with Gasteiger partial charge in [0.25, 0.3) is 0 Å². The Hall–Kier alpha value is -0.940. The fourth-order valence-electron chi connectivity index (χ4n) is 1.90. The Morgan fingerprint density at radius 1 is 1.21 bits per heavy atom. The van der Waals surface area contributed by atoms with Gasteiger partial charge in [0.15, 0.2) is 0 Å². The van der Waals surface area contributed by atoms with Crippen LogP contribution in [0.5, 0.6) is 0 Å². The first-order valence-electron chi connectivity index (χ1n) is 5.10. The summed E-state index contributed by atoms with van der Waals surface area (Å²) in [7, 11) is 0. The molecule has 78 valence electrons. The van der Waals surface area contributed by atoms with Gasteiger partial charge >= 0.3 is 0 Å². The zero-order valence-electron chi connectivity index (χ0n) is 8.08. The van der Waals surface area contributed by atoms with Crippen LogP contribution in [0.4, 0.5) is 0 Å². The molecular formula is C9H15N3O2. The van der Waals surface area contributed by atoms with E-state index in [4.69, 9.17) is 0 Å². The van der Waals surface area contributed by atoms with Crippen molar-refractivity contribution >= 4 is 11.8 Å². The molecule has 1 unspecified atom stereocenters. The summed E-state index contributed by atoms with van der Waals surface area (Å²) in [5.74, 6) is -0.370. The minimum absolute atomic E-state index is 0.176. The minimum atomic E-state index is -0.347. The molecule has 5 nitrogen and oxygen atoms in total. The fourth-order valence-corrected chi connectivity index (χ4v) is 1.90. The summed E-state index contributed by atoms with van der Waals surface area (Å²) in [6.45, 7) is 1.94. The molecule has 0 spiro atoms. The molecular weight excluding hydrogens is 182 g/mol. The first kappa shape index (κ1) is 9.61. The van der Waals surface area contributed by atoms with E-state index in [9.17, 15) is 9.59 Å². The number of hydrogen-bond donors (Lipinski definition) is 2. The molecule has 1 atom stereocenters. The monoisotopic (exact) mass is 197 g/mol. The van der Waals surface area contributed by atoms with Crippen molar-refractivity contribution in [2.75, 3.05) is 13.1 Å². The van der Waals surface area contributed by atoms with Crippen molar-refractivity contribution in [3.63, 3.8) is 0 Å². The summed E-state index contributed by atoms with van der Waals surface area (Å²) in [5, 5.41) is 4.34. The molecule has 0 aromatic carbocycles. The van der Waals surface area contributed by atoms with E-state index in [0.29, 0.717) is 0 Å². The van der Waals surface area contributed by atoms with E-state index < -0.39 is 0 Å². The normalized spacial score (nSPS) is 29.3. The highest BCUT2D eigenvalue weighted by molar-refractivity contribution is 6.05. The van der Waals surface area contributed by atoms with E-state index in [2.05, 4.69) is 10.7 Å². The van der Waals surface area contributed by atoms with Gasteiger partial charge in [0, 0.05) is 13.1 Å². The molecule has 0 aromatic heterocycles. The van der Waals surface area contributed by atoms with Crippen LogP contribution in [-0.4, -0.2) is 36.0 Å². The molecule has 2 fully saturated rings. The van der Waals surface area contributed by atoms with Crippen LogP contribution >= 0.6 is 0 Å². The molecule has 14 heavy (non-hydrogen) atoms. The molecule has 0 bridgehead atoms. The molecule has 0 radical (unpaired) electrons. The number of carbonyl (C=O) groups excluding carboxylic acids is 2. The maximum absolute atomic E-state index is 11.2. The van der Waals surface area contributed by atoms with E-state index in [1.165, 1.54) is 6.42 Å². The van der Waals surface area contributed by atoms with E-state index >= 15 is 0 Å². The summed E-state index contributed by atoms with van der Waals surface area (Å²) in [5.41, 5.74) is 3.10. The third kappa shape index (κ3) is 2.10. The molecule has 0 aliphatic carbocycles. The highest BCUT2D eigenvalue weighted by Gasteiger charge is 2.31. The molecule has 0 saturated carbocycles. The van der Waals surface area contributed by atoms with Gasteiger partial charge in [-0.15, -0.1) is 0 Å². The largest absolute Gasteiger partial charge is 0.295 e. The highest BCUT2D eigenvalue weighted by atomic mass is 16.2. The van der Waals surface area contributed by atoms with Crippen LogP contribution in [0, 0.1) is 0 Å². The molecule has 2 aliphatic heterocycles. The van der Waals surface area contributed by atoms with Crippen LogP contribution in [0.1, 0.15) is 25.7 Å². The quantitative estimate of drug-likeness (QED) is 0.580. The van der Waals surface area contributed by atoms with Crippen LogP contribution in [0.2, 0.25) is 0 Å². The van der Waals surface area contributed by atoms with Gasteiger partial charge in [-0.1, -0.05) is 6.42 Å². The Bertz CT molecular complexity index is 248. The van der Waals surface area contributed by atoms with Gasteiger partial charge in [-0.05, 0) is 12.8 Å². The van der Waals surface area contributed by atoms with Crippen LogP contribution in [-0.2, 0) is 9.59 Å². The number of nitrogens with zero attached hydrogens (tertiary/aromatic N) is 1. The number of hydrogen-bond acceptors (Lipinski definition) is 4. The molecule has 0 aromatic rings.